The zero-order valence-corrected chi connectivity index (χ0v) is 13.0. The van der Waals surface area contributed by atoms with Gasteiger partial charge in [0.15, 0.2) is 0 Å². The third-order valence-corrected chi connectivity index (χ3v) is 6.31. The topological polar surface area (TPSA) is 42.0 Å². The minimum Gasteiger partial charge on any atom is -0.310 e. The number of rotatable bonds is 2. The van der Waals surface area contributed by atoms with Crippen LogP contribution >= 0.6 is 15.9 Å². The van der Waals surface area contributed by atoms with E-state index in [0.717, 1.165) is 31.1 Å². The first-order valence-corrected chi connectivity index (χ1v) is 8.28. The van der Waals surface area contributed by atoms with Crippen molar-refractivity contribution in [2.75, 3.05) is 5.32 Å². The number of halogens is 1. The highest BCUT2D eigenvalue weighted by Gasteiger charge is 2.59. The van der Waals surface area contributed by atoms with E-state index in [-0.39, 0.29) is 15.6 Å². The third-order valence-electron chi connectivity index (χ3n) is 5.38. The van der Waals surface area contributed by atoms with Gasteiger partial charge in [0.25, 0.3) is 0 Å². The standard InChI is InChI=1S/C16H19BrN2O/c17-16-8-11-5-12(9-16)7-15(6-11,10-16)14(20)19-13-3-1-2-4-18-13/h1-4,11-12H,5-10H2,(H,18,19,20). The number of alkyl halides is 1. The van der Waals surface area contributed by atoms with E-state index in [1.165, 1.54) is 19.3 Å². The van der Waals surface area contributed by atoms with E-state index in [0.29, 0.717) is 5.82 Å². The Labute approximate surface area is 127 Å². The summed E-state index contributed by atoms with van der Waals surface area (Å²) in [5.74, 6) is 2.32. The van der Waals surface area contributed by atoms with Crippen molar-refractivity contribution in [1.29, 1.82) is 0 Å². The van der Waals surface area contributed by atoms with Crippen LogP contribution in [0.3, 0.4) is 0 Å². The highest BCUT2D eigenvalue weighted by Crippen LogP contribution is 2.64. The molecule has 0 aliphatic heterocycles. The number of hydrogen-bond donors (Lipinski definition) is 1. The molecule has 1 aromatic heterocycles. The Morgan fingerprint density at radius 2 is 2.00 bits per heavy atom. The molecule has 106 valence electrons. The molecule has 4 saturated carbocycles. The lowest BCUT2D eigenvalue weighted by atomic mass is 9.49. The predicted molar refractivity (Wildman–Crippen MR) is 81.6 cm³/mol. The summed E-state index contributed by atoms with van der Waals surface area (Å²) in [6.07, 6.45) is 8.67. The summed E-state index contributed by atoms with van der Waals surface area (Å²) >= 11 is 3.95. The Kier molecular flexibility index (Phi) is 2.75. The van der Waals surface area contributed by atoms with Gasteiger partial charge in [0.05, 0.1) is 5.41 Å². The average molecular weight is 335 g/mol. The molecule has 0 radical (unpaired) electrons. The van der Waals surface area contributed by atoms with Crippen LogP contribution in [0.15, 0.2) is 24.4 Å². The lowest BCUT2D eigenvalue weighted by Crippen LogP contribution is -2.57. The first kappa shape index (κ1) is 12.8. The number of carbonyl (C=O) groups is 1. The van der Waals surface area contributed by atoms with E-state index in [1.807, 2.05) is 18.2 Å². The van der Waals surface area contributed by atoms with Crippen molar-refractivity contribution in [3.63, 3.8) is 0 Å². The lowest BCUT2D eigenvalue weighted by molar-refractivity contribution is -0.138. The molecule has 2 atom stereocenters. The SMILES string of the molecule is O=C(Nc1ccccn1)C12CC3CC(CC(Br)(C3)C1)C2. The van der Waals surface area contributed by atoms with Gasteiger partial charge in [-0.25, -0.2) is 4.98 Å². The number of carbonyl (C=O) groups excluding carboxylic acids is 1. The molecule has 0 aromatic carbocycles. The number of aromatic nitrogens is 1. The summed E-state index contributed by atoms with van der Waals surface area (Å²) in [6, 6.07) is 5.64. The summed E-state index contributed by atoms with van der Waals surface area (Å²) in [7, 11) is 0. The zero-order valence-electron chi connectivity index (χ0n) is 11.4. The molecule has 1 N–H and O–H groups in total. The molecule has 1 amide bonds. The van der Waals surface area contributed by atoms with Crippen LogP contribution in [0.2, 0.25) is 0 Å². The van der Waals surface area contributed by atoms with Gasteiger partial charge in [-0.1, -0.05) is 22.0 Å². The van der Waals surface area contributed by atoms with E-state index in [9.17, 15) is 4.79 Å². The van der Waals surface area contributed by atoms with Crippen molar-refractivity contribution in [3.05, 3.63) is 24.4 Å². The molecule has 20 heavy (non-hydrogen) atoms. The number of nitrogens with one attached hydrogen (secondary N) is 1. The summed E-state index contributed by atoms with van der Waals surface area (Å²) in [5, 5.41) is 3.05. The third kappa shape index (κ3) is 2.00. The second-order valence-electron chi connectivity index (χ2n) is 7.06. The van der Waals surface area contributed by atoms with Gasteiger partial charge in [0.1, 0.15) is 5.82 Å². The molecular weight excluding hydrogens is 316 g/mol. The van der Waals surface area contributed by atoms with Crippen molar-refractivity contribution >= 4 is 27.7 Å². The first-order chi connectivity index (χ1) is 9.57. The fourth-order valence-electron chi connectivity index (χ4n) is 5.10. The van der Waals surface area contributed by atoms with Gasteiger partial charge in [-0.2, -0.15) is 0 Å². The fraction of sp³-hybridized carbons (Fsp3) is 0.625. The minimum absolute atomic E-state index is 0.162. The number of nitrogens with zero attached hydrogens (tertiary/aromatic N) is 1. The van der Waals surface area contributed by atoms with E-state index < -0.39 is 0 Å². The van der Waals surface area contributed by atoms with Crippen LogP contribution in [-0.4, -0.2) is 15.2 Å². The zero-order chi connectivity index (χ0) is 13.8. The Morgan fingerprint density at radius 3 is 2.60 bits per heavy atom. The van der Waals surface area contributed by atoms with Gasteiger partial charge in [0, 0.05) is 10.5 Å². The molecule has 2 unspecified atom stereocenters. The van der Waals surface area contributed by atoms with Crippen LogP contribution in [0.1, 0.15) is 38.5 Å². The van der Waals surface area contributed by atoms with E-state index in [1.54, 1.807) is 6.20 Å². The maximum absolute atomic E-state index is 12.8. The van der Waals surface area contributed by atoms with Gasteiger partial charge in [-0.05, 0) is 62.5 Å². The second kappa shape index (κ2) is 4.30. The van der Waals surface area contributed by atoms with Crippen LogP contribution in [0.25, 0.3) is 0 Å². The van der Waals surface area contributed by atoms with Crippen molar-refractivity contribution in [3.8, 4) is 0 Å². The van der Waals surface area contributed by atoms with Gasteiger partial charge in [0.2, 0.25) is 5.91 Å². The highest BCUT2D eigenvalue weighted by molar-refractivity contribution is 9.10. The molecule has 4 aliphatic rings. The van der Waals surface area contributed by atoms with Crippen LogP contribution in [0.5, 0.6) is 0 Å². The van der Waals surface area contributed by atoms with Crippen LogP contribution in [0.4, 0.5) is 5.82 Å². The van der Waals surface area contributed by atoms with Crippen molar-refractivity contribution in [2.45, 2.75) is 42.8 Å². The molecular formula is C16H19BrN2O. The Morgan fingerprint density at radius 1 is 1.25 bits per heavy atom. The minimum atomic E-state index is -0.162. The molecule has 4 heteroatoms. The molecule has 0 spiro atoms. The van der Waals surface area contributed by atoms with Crippen LogP contribution in [0, 0.1) is 17.3 Å². The molecule has 1 heterocycles. The molecule has 4 bridgehead atoms. The van der Waals surface area contributed by atoms with Gasteiger partial charge < -0.3 is 5.32 Å². The summed E-state index contributed by atoms with van der Waals surface area (Å²) < 4.78 is 0.221. The van der Waals surface area contributed by atoms with Crippen molar-refractivity contribution in [2.24, 2.45) is 17.3 Å². The number of pyridine rings is 1. The average Bonchev–Trinajstić information content (AvgIpc) is 2.37. The highest BCUT2D eigenvalue weighted by atomic mass is 79.9. The van der Waals surface area contributed by atoms with Crippen LogP contribution in [-0.2, 0) is 4.79 Å². The molecule has 5 rings (SSSR count). The lowest BCUT2D eigenvalue weighted by Gasteiger charge is -2.59. The largest absolute Gasteiger partial charge is 0.310 e. The van der Waals surface area contributed by atoms with E-state index in [4.69, 9.17) is 0 Å². The molecule has 1 aromatic rings. The van der Waals surface area contributed by atoms with E-state index in [2.05, 4.69) is 26.2 Å². The normalized spacial score (nSPS) is 41.6. The summed E-state index contributed by atoms with van der Waals surface area (Å²) in [6.45, 7) is 0. The van der Waals surface area contributed by atoms with E-state index >= 15 is 0 Å². The molecule has 3 nitrogen and oxygen atoms in total. The Hall–Kier alpha value is -0.900. The maximum atomic E-state index is 12.8. The molecule has 0 saturated heterocycles. The van der Waals surface area contributed by atoms with Gasteiger partial charge in [-0.3, -0.25) is 4.79 Å². The van der Waals surface area contributed by atoms with Gasteiger partial charge in [-0.15, -0.1) is 0 Å². The van der Waals surface area contributed by atoms with Crippen molar-refractivity contribution < 1.29 is 4.79 Å². The summed E-state index contributed by atoms with van der Waals surface area (Å²) in [5.41, 5.74) is -0.162. The molecule has 4 fully saturated rings. The van der Waals surface area contributed by atoms with Gasteiger partial charge >= 0.3 is 0 Å². The second-order valence-corrected chi connectivity index (χ2v) is 8.74. The number of anilines is 1. The number of amides is 1. The Balaban J connectivity index is 1.60. The van der Waals surface area contributed by atoms with Crippen LogP contribution < -0.4 is 5.32 Å². The summed E-state index contributed by atoms with van der Waals surface area (Å²) in [4.78, 5) is 17.1. The quantitative estimate of drug-likeness (QED) is 0.837. The predicted octanol–water partition coefficient (Wildman–Crippen LogP) is 3.75. The Bertz CT molecular complexity index is 531. The number of hydrogen-bond acceptors (Lipinski definition) is 2. The van der Waals surface area contributed by atoms with Crippen molar-refractivity contribution in [1.82, 2.24) is 4.98 Å². The molecule has 4 aliphatic carbocycles. The maximum Gasteiger partial charge on any atom is 0.231 e. The smallest absolute Gasteiger partial charge is 0.231 e. The fourth-order valence-corrected chi connectivity index (χ4v) is 6.55. The monoisotopic (exact) mass is 334 g/mol. The first-order valence-electron chi connectivity index (χ1n) is 7.48.